The maximum atomic E-state index is 11.8. The van der Waals surface area contributed by atoms with Gasteiger partial charge in [0.2, 0.25) is 17.7 Å². The molecule has 2 heterocycles. The quantitative estimate of drug-likeness (QED) is 0.454. The summed E-state index contributed by atoms with van der Waals surface area (Å²) < 4.78 is 0. The Labute approximate surface area is 103 Å². The number of carbonyl (C=O) groups excluding carboxylic acids is 4. The number of likely N-dealkylation sites (tertiary alicyclic amines) is 1. The lowest BCUT2D eigenvalue weighted by Crippen LogP contribution is -2.59. The number of hydrogen-bond donors (Lipinski definition) is 3. The fraction of sp³-hybridized carbons (Fsp3) is 0.600. The second-order valence-electron chi connectivity index (χ2n) is 4.29. The van der Waals surface area contributed by atoms with Crippen LogP contribution in [0.5, 0.6) is 0 Å². The highest BCUT2D eigenvalue weighted by molar-refractivity contribution is 6.06. The number of hydrogen-bond acceptors (Lipinski definition) is 5. The maximum Gasteiger partial charge on any atom is 0.252 e. The van der Waals surface area contributed by atoms with Gasteiger partial charge in [-0.1, -0.05) is 0 Å². The zero-order chi connectivity index (χ0) is 13.3. The molecule has 0 saturated carbocycles. The van der Waals surface area contributed by atoms with Crippen molar-refractivity contribution in [1.29, 1.82) is 0 Å². The van der Waals surface area contributed by atoms with E-state index in [4.69, 9.17) is 0 Å². The molecule has 0 spiro atoms. The van der Waals surface area contributed by atoms with E-state index >= 15 is 0 Å². The normalized spacial score (nSPS) is 28.3. The lowest BCUT2D eigenvalue weighted by molar-refractivity contribution is -0.138. The molecule has 2 aliphatic heterocycles. The Morgan fingerprint density at radius 1 is 1.39 bits per heavy atom. The van der Waals surface area contributed by atoms with E-state index in [1.807, 2.05) is 0 Å². The Balaban J connectivity index is 1.90. The minimum absolute atomic E-state index is 0.0137. The van der Waals surface area contributed by atoms with Gasteiger partial charge in [-0.3, -0.25) is 29.4 Å². The van der Waals surface area contributed by atoms with E-state index < -0.39 is 23.9 Å². The number of piperazine rings is 1. The molecule has 0 aliphatic carbocycles. The van der Waals surface area contributed by atoms with Gasteiger partial charge in [-0.2, -0.15) is 0 Å². The molecule has 8 nitrogen and oxygen atoms in total. The molecule has 3 N–H and O–H groups in total. The molecular weight excluding hydrogens is 240 g/mol. The van der Waals surface area contributed by atoms with Crippen LogP contribution in [0.1, 0.15) is 6.42 Å². The first-order valence-corrected chi connectivity index (χ1v) is 5.60. The van der Waals surface area contributed by atoms with E-state index in [2.05, 4.69) is 16.0 Å². The first-order chi connectivity index (χ1) is 8.49. The molecule has 4 amide bonds. The summed E-state index contributed by atoms with van der Waals surface area (Å²) in [5.74, 6) is -1.29. The van der Waals surface area contributed by atoms with Gasteiger partial charge < -0.3 is 10.6 Å². The van der Waals surface area contributed by atoms with Crippen LogP contribution < -0.4 is 16.0 Å². The van der Waals surface area contributed by atoms with Crippen LogP contribution in [-0.2, 0) is 19.2 Å². The number of amides is 4. The predicted molar refractivity (Wildman–Crippen MR) is 59.1 cm³/mol. The summed E-state index contributed by atoms with van der Waals surface area (Å²) in [6.07, 6.45) is -0.0137. The smallest absolute Gasteiger partial charge is 0.252 e. The van der Waals surface area contributed by atoms with Crippen molar-refractivity contribution >= 4 is 23.6 Å². The molecule has 2 saturated heterocycles. The van der Waals surface area contributed by atoms with Gasteiger partial charge in [0.25, 0.3) is 5.91 Å². The van der Waals surface area contributed by atoms with Crippen LogP contribution in [0.25, 0.3) is 0 Å². The van der Waals surface area contributed by atoms with E-state index in [0.717, 1.165) is 4.90 Å². The highest BCUT2D eigenvalue weighted by Gasteiger charge is 2.38. The van der Waals surface area contributed by atoms with Crippen LogP contribution in [-0.4, -0.2) is 60.7 Å². The van der Waals surface area contributed by atoms with Gasteiger partial charge in [0.15, 0.2) is 0 Å². The molecule has 2 fully saturated rings. The predicted octanol–water partition coefficient (Wildman–Crippen LogP) is -3.05. The Morgan fingerprint density at radius 3 is 2.61 bits per heavy atom. The Kier molecular flexibility index (Phi) is 3.28. The molecule has 0 aromatic rings. The second-order valence-corrected chi connectivity index (χ2v) is 4.29. The molecule has 0 bridgehead atoms. The lowest BCUT2D eigenvalue weighted by atomic mass is 10.2. The second kappa shape index (κ2) is 4.73. The summed E-state index contributed by atoms with van der Waals surface area (Å²) in [7, 11) is 1.38. The topological polar surface area (TPSA) is 108 Å². The van der Waals surface area contributed by atoms with Crippen molar-refractivity contribution in [3.63, 3.8) is 0 Å². The van der Waals surface area contributed by atoms with Crippen LogP contribution in [0.3, 0.4) is 0 Å². The van der Waals surface area contributed by atoms with Crippen LogP contribution in [0, 0.1) is 0 Å². The van der Waals surface area contributed by atoms with Gasteiger partial charge in [-0.05, 0) is 0 Å². The minimum atomic E-state index is -0.797. The number of nitrogens with one attached hydrogen (secondary N) is 3. The molecule has 2 rings (SSSR count). The third kappa shape index (κ3) is 2.33. The molecule has 0 aromatic heterocycles. The third-order valence-electron chi connectivity index (χ3n) is 3.03. The Bertz CT molecular complexity index is 412. The van der Waals surface area contributed by atoms with Crippen molar-refractivity contribution in [3.05, 3.63) is 0 Å². The first kappa shape index (κ1) is 12.5. The number of imide groups is 1. The van der Waals surface area contributed by atoms with Crippen molar-refractivity contribution in [2.75, 3.05) is 20.1 Å². The summed E-state index contributed by atoms with van der Waals surface area (Å²) in [6.45, 7) is 0.241. The van der Waals surface area contributed by atoms with E-state index in [-0.39, 0.29) is 31.3 Å². The molecule has 8 heteroatoms. The van der Waals surface area contributed by atoms with E-state index in [0.29, 0.717) is 0 Å². The van der Waals surface area contributed by atoms with Crippen molar-refractivity contribution < 1.29 is 19.2 Å². The summed E-state index contributed by atoms with van der Waals surface area (Å²) in [4.78, 5) is 46.6. The van der Waals surface area contributed by atoms with Gasteiger partial charge in [-0.15, -0.1) is 0 Å². The fourth-order valence-electron chi connectivity index (χ4n) is 1.89. The van der Waals surface area contributed by atoms with Gasteiger partial charge in [0.05, 0.1) is 13.0 Å². The van der Waals surface area contributed by atoms with Gasteiger partial charge >= 0.3 is 0 Å². The van der Waals surface area contributed by atoms with Crippen molar-refractivity contribution in [3.8, 4) is 0 Å². The number of carbonyl (C=O) groups is 4. The zero-order valence-electron chi connectivity index (χ0n) is 9.86. The summed E-state index contributed by atoms with van der Waals surface area (Å²) in [5.41, 5.74) is 0. The molecular formula is C10H14N4O4. The highest BCUT2D eigenvalue weighted by Crippen LogP contribution is 2.10. The zero-order valence-corrected chi connectivity index (χ0v) is 9.86. The maximum absolute atomic E-state index is 11.8. The lowest BCUT2D eigenvalue weighted by Gasteiger charge is -2.24. The van der Waals surface area contributed by atoms with Crippen molar-refractivity contribution in [2.24, 2.45) is 0 Å². The van der Waals surface area contributed by atoms with Crippen LogP contribution in [0.2, 0.25) is 0 Å². The van der Waals surface area contributed by atoms with Gasteiger partial charge in [0, 0.05) is 13.6 Å². The average molecular weight is 254 g/mol. The van der Waals surface area contributed by atoms with E-state index in [1.165, 1.54) is 7.05 Å². The van der Waals surface area contributed by atoms with Crippen molar-refractivity contribution in [1.82, 2.24) is 20.9 Å². The highest BCUT2D eigenvalue weighted by atomic mass is 16.2. The SMILES string of the molecule is CN1C(=O)CC(NC(=O)C2CNC(=O)CN2)C1=O. The van der Waals surface area contributed by atoms with E-state index in [1.54, 1.807) is 0 Å². The molecule has 2 atom stereocenters. The summed E-state index contributed by atoms with van der Waals surface area (Å²) in [6, 6.07) is -1.37. The average Bonchev–Trinajstić information content (AvgIpc) is 2.58. The number of nitrogens with zero attached hydrogens (tertiary/aromatic N) is 1. The summed E-state index contributed by atoms with van der Waals surface area (Å²) >= 11 is 0. The standard InChI is InChI=1S/C10H14N4O4/c1-14-8(16)2-5(10(14)18)13-9(17)6-3-12-7(15)4-11-6/h5-6,11H,2-4H2,1H3,(H,12,15)(H,13,17). The van der Waals surface area contributed by atoms with Crippen LogP contribution >= 0.6 is 0 Å². The molecule has 2 unspecified atom stereocenters. The van der Waals surface area contributed by atoms with Gasteiger partial charge in [-0.25, -0.2) is 0 Å². The summed E-state index contributed by atoms with van der Waals surface area (Å²) in [5, 5.41) is 7.80. The van der Waals surface area contributed by atoms with Crippen LogP contribution in [0.4, 0.5) is 0 Å². The van der Waals surface area contributed by atoms with Crippen molar-refractivity contribution in [2.45, 2.75) is 18.5 Å². The molecule has 0 radical (unpaired) electrons. The minimum Gasteiger partial charge on any atom is -0.353 e. The third-order valence-corrected chi connectivity index (χ3v) is 3.03. The van der Waals surface area contributed by atoms with E-state index in [9.17, 15) is 19.2 Å². The molecule has 0 aromatic carbocycles. The monoisotopic (exact) mass is 254 g/mol. The number of likely N-dealkylation sites (N-methyl/N-ethyl adjacent to an activating group) is 1. The number of rotatable bonds is 2. The van der Waals surface area contributed by atoms with Gasteiger partial charge in [0.1, 0.15) is 12.1 Å². The molecule has 2 aliphatic rings. The Hall–Kier alpha value is -1.96. The Morgan fingerprint density at radius 2 is 2.11 bits per heavy atom. The molecule has 18 heavy (non-hydrogen) atoms. The molecule has 98 valence electrons. The first-order valence-electron chi connectivity index (χ1n) is 5.60. The largest absolute Gasteiger partial charge is 0.353 e. The van der Waals surface area contributed by atoms with Crippen LogP contribution in [0.15, 0.2) is 0 Å². The fourth-order valence-corrected chi connectivity index (χ4v) is 1.89.